The molecule has 1 aromatic rings. The summed E-state index contributed by atoms with van der Waals surface area (Å²) in [6.07, 6.45) is -1.36. The van der Waals surface area contributed by atoms with Crippen LogP contribution in [0.3, 0.4) is 0 Å². The summed E-state index contributed by atoms with van der Waals surface area (Å²) in [5, 5.41) is 0. The van der Waals surface area contributed by atoms with Gasteiger partial charge in [0, 0.05) is 0 Å². The largest absolute Gasteiger partial charge is 0.495 e. The van der Waals surface area contributed by atoms with Gasteiger partial charge in [0.2, 0.25) is 0 Å². The molecular formula is C19H31BO7Si2. The van der Waals surface area contributed by atoms with Crippen molar-refractivity contribution < 1.29 is 32.5 Å². The molecule has 0 aliphatic carbocycles. The fourth-order valence-corrected chi connectivity index (χ4v) is 11.3. The molecule has 0 aromatic heterocycles. The van der Waals surface area contributed by atoms with Crippen molar-refractivity contribution in [3.63, 3.8) is 0 Å². The van der Waals surface area contributed by atoms with E-state index in [1.54, 1.807) is 0 Å². The number of aryl methyl sites for hydroxylation is 1. The Kier molecular flexibility index (Phi) is 7.85. The number of methoxy groups -OCH3 is 2. The number of hydrogen-bond acceptors (Lipinski definition) is 7. The van der Waals surface area contributed by atoms with Gasteiger partial charge in [-0.2, -0.15) is 0 Å². The highest BCUT2D eigenvalue weighted by Crippen LogP contribution is 2.22. The maximum absolute atomic E-state index is 11.9. The van der Waals surface area contributed by atoms with E-state index in [0.29, 0.717) is 0 Å². The lowest BCUT2D eigenvalue weighted by Crippen LogP contribution is -2.42. The molecule has 0 spiro atoms. The second kappa shape index (κ2) is 9.57. The second-order valence-corrected chi connectivity index (χ2v) is 17.8. The molecule has 2 unspecified atom stereocenters. The van der Waals surface area contributed by atoms with Crippen LogP contribution in [-0.4, -0.2) is 62.1 Å². The summed E-state index contributed by atoms with van der Waals surface area (Å²) in [6.45, 7) is 11.2. The van der Waals surface area contributed by atoms with E-state index >= 15 is 0 Å². The monoisotopic (exact) mass is 438 g/mol. The van der Waals surface area contributed by atoms with Gasteiger partial charge in [0.15, 0.2) is 28.8 Å². The maximum Gasteiger partial charge on any atom is 0.495 e. The quantitative estimate of drug-likeness (QED) is 0.454. The van der Waals surface area contributed by atoms with Gasteiger partial charge in [-0.3, -0.25) is 0 Å². The topological polar surface area (TPSA) is 80.3 Å². The summed E-state index contributed by atoms with van der Waals surface area (Å²) in [6, 6.07) is 8.85. The van der Waals surface area contributed by atoms with E-state index in [0.717, 1.165) is 17.9 Å². The summed E-state index contributed by atoms with van der Waals surface area (Å²) in [5.74, 6) is -1.34. The third-order valence-electron chi connectivity index (χ3n) is 4.53. The van der Waals surface area contributed by atoms with Gasteiger partial charge in [0.1, 0.15) is 0 Å². The number of carbonyl (C=O) groups is 2. The standard InChI is InChI=1S/C19H31BO7Si2/c1-23-18(21)16-17(19(22)24-2)26-20(25-16)15-10-8-14(9-11-15)12-13-29(6,7)27-28(3,4)5/h8-11,16-17H,12-13H2,1-7H3. The molecule has 10 heteroatoms. The summed E-state index contributed by atoms with van der Waals surface area (Å²) in [7, 11) is -1.61. The number of benzene rings is 1. The molecule has 7 nitrogen and oxygen atoms in total. The fourth-order valence-electron chi connectivity index (χ4n) is 3.36. The van der Waals surface area contributed by atoms with Gasteiger partial charge in [-0.25, -0.2) is 9.59 Å². The lowest BCUT2D eigenvalue weighted by atomic mass is 9.79. The Morgan fingerprint density at radius 2 is 1.41 bits per heavy atom. The lowest BCUT2D eigenvalue weighted by molar-refractivity contribution is -0.160. The minimum Gasteiger partial charge on any atom is -0.467 e. The smallest absolute Gasteiger partial charge is 0.467 e. The first kappa shape index (κ1) is 23.8. The van der Waals surface area contributed by atoms with Crippen LogP contribution >= 0.6 is 0 Å². The molecule has 2 atom stereocenters. The van der Waals surface area contributed by atoms with Gasteiger partial charge < -0.3 is 22.9 Å². The minimum atomic E-state index is -1.70. The molecule has 0 N–H and O–H groups in total. The maximum atomic E-state index is 11.9. The van der Waals surface area contributed by atoms with Crippen molar-refractivity contribution in [3.05, 3.63) is 29.8 Å². The van der Waals surface area contributed by atoms with Gasteiger partial charge in [0.25, 0.3) is 0 Å². The fraction of sp³-hybridized carbons (Fsp3) is 0.579. The van der Waals surface area contributed by atoms with Crippen molar-refractivity contribution in [3.8, 4) is 0 Å². The van der Waals surface area contributed by atoms with Gasteiger partial charge in [-0.05, 0) is 56.2 Å². The molecule has 29 heavy (non-hydrogen) atoms. The number of rotatable bonds is 8. The summed E-state index contributed by atoms with van der Waals surface area (Å²) < 4.78 is 27.1. The SMILES string of the molecule is COC(=O)C1OB(c2ccc(CC[Si](C)(C)O[Si](C)(C)C)cc2)OC1C(=O)OC. The van der Waals surface area contributed by atoms with Crippen molar-refractivity contribution in [1.29, 1.82) is 0 Å². The summed E-state index contributed by atoms with van der Waals surface area (Å²) in [5.41, 5.74) is 1.92. The predicted molar refractivity (Wildman–Crippen MR) is 116 cm³/mol. The number of hydrogen-bond donors (Lipinski definition) is 0. The number of carbonyl (C=O) groups excluding carboxylic acids is 2. The van der Waals surface area contributed by atoms with Crippen molar-refractivity contribution in [2.75, 3.05) is 14.2 Å². The third-order valence-corrected chi connectivity index (χ3v) is 10.6. The zero-order chi connectivity index (χ0) is 21.8. The zero-order valence-corrected chi connectivity index (χ0v) is 20.3. The molecule has 1 aliphatic heterocycles. The molecule has 0 radical (unpaired) electrons. The average molecular weight is 438 g/mol. The average Bonchev–Trinajstić information content (AvgIpc) is 3.09. The second-order valence-electron chi connectivity index (χ2n) is 8.71. The van der Waals surface area contributed by atoms with E-state index in [-0.39, 0.29) is 0 Å². The van der Waals surface area contributed by atoms with Gasteiger partial charge in [0.05, 0.1) is 14.2 Å². The molecular weight excluding hydrogens is 407 g/mol. The normalized spacial score (nSPS) is 19.9. The van der Waals surface area contributed by atoms with Gasteiger partial charge in [-0.1, -0.05) is 24.3 Å². The van der Waals surface area contributed by atoms with E-state index in [2.05, 4.69) is 32.7 Å². The van der Waals surface area contributed by atoms with Crippen LogP contribution in [0.25, 0.3) is 0 Å². The summed E-state index contributed by atoms with van der Waals surface area (Å²) >= 11 is 0. The van der Waals surface area contributed by atoms with Gasteiger partial charge in [-0.15, -0.1) is 0 Å². The van der Waals surface area contributed by atoms with Crippen molar-refractivity contribution in [2.45, 2.75) is 57.4 Å². The van der Waals surface area contributed by atoms with Crippen LogP contribution in [0.2, 0.25) is 38.8 Å². The molecule has 1 aliphatic rings. The first-order valence-corrected chi connectivity index (χ1v) is 16.2. The van der Waals surface area contributed by atoms with E-state index in [4.69, 9.17) is 22.9 Å². The van der Waals surface area contributed by atoms with Crippen LogP contribution < -0.4 is 5.46 Å². The number of esters is 2. The first-order chi connectivity index (χ1) is 13.5. The highest BCUT2D eigenvalue weighted by Gasteiger charge is 2.49. The van der Waals surface area contributed by atoms with E-state index < -0.39 is 47.9 Å². The molecule has 1 saturated heterocycles. The Hall–Kier alpha value is -1.46. The molecule has 0 saturated carbocycles. The highest BCUT2D eigenvalue weighted by molar-refractivity contribution is 6.84. The molecule has 2 rings (SSSR count). The lowest BCUT2D eigenvalue weighted by Gasteiger charge is -2.31. The van der Waals surface area contributed by atoms with Crippen molar-refractivity contribution in [1.82, 2.24) is 0 Å². The Labute approximate surface area is 175 Å². The third kappa shape index (κ3) is 6.78. The Morgan fingerprint density at radius 1 is 0.931 bits per heavy atom. The zero-order valence-electron chi connectivity index (χ0n) is 18.3. The van der Waals surface area contributed by atoms with E-state index in [9.17, 15) is 9.59 Å². The van der Waals surface area contributed by atoms with Crippen molar-refractivity contribution >= 4 is 41.2 Å². The molecule has 0 amide bonds. The minimum absolute atomic E-state index is 0.672. The number of ether oxygens (including phenoxy) is 2. The molecule has 1 fully saturated rings. The van der Waals surface area contributed by atoms with Crippen LogP contribution in [0.15, 0.2) is 24.3 Å². The van der Waals surface area contributed by atoms with E-state index in [1.807, 2.05) is 24.3 Å². The van der Waals surface area contributed by atoms with Crippen LogP contribution in [0.1, 0.15) is 5.56 Å². The Balaban J connectivity index is 2.03. The molecule has 0 bridgehead atoms. The Morgan fingerprint density at radius 3 is 1.83 bits per heavy atom. The summed E-state index contributed by atoms with van der Waals surface area (Å²) in [4.78, 5) is 23.8. The van der Waals surface area contributed by atoms with Crippen LogP contribution in [0.5, 0.6) is 0 Å². The molecule has 1 heterocycles. The molecule has 1 aromatic carbocycles. The van der Waals surface area contributed by atoms with Gasteiger partial charge >= 0.3 is 19.1 Å². The van der Waals surface area contributed by atoms with E-state index in [1.165, 1.54) is 19.8 Å². The first-order valence-electron chi connectivity index (χ1n) is 9.71. The van der Waals surface area contributed by atoms with Crippen LogP contribution in [0.4, 0.5) is 0 Å². The Bertz CT molecular complexity index is 694. The van der Waals surface area contributed by atoms with Crippen molar-refractivity contribution in [2.24, 2.45) is 0 Å². The van der Waals surface area contributed by atoms with Crippen LogP contribution in [-0.2, 0) is 38.9 Å². The van der Waals surface area contributed by atoms with Crippen LogP contribution in [0, 0.1) is 0 Å². The highest BCUT2D eigenvalue weighted by atomic mass is 28.4. The predicted octanol–water partition coefficient (Wildman–Crippen LogP) is 2.11. The molecule has 160 valence electrons.